The van der Waals surface area contributed by atoms with Gasteiger partial charge in [0.05, 0.1) is 10.7 Å². The third-order valence-electron chi connectivity index (χ3n) is 3.61. The molecule has 0 aliphatic heterocycles. The van der Waals surface area contributed by atoms with E-state index in [1.54, 1.807) is 23.5 Å². The molecule has 1 N–H and O–H groups in total. The number of nitro benzene ring substituents is 1. The highest BCUT2D eigenvalue weighted by molar-refractivity contribution is 7.99. The second kappa shape index (κ2) is 7.08. The number of nitrogens with zero attached hydrogens (tertiary/aromatic N) is 5. The van der Waals surface area contributed by atoms with Gasteiger partial charge in [-0.15, -0.1) is 10.2 Å². The van der Waals surface area contributed by atoms with Crippen LogP contribution < -0.4 is 5.32 Å². The summed E-state index contributed by atoms with van der Waals surface area (Å²) in [6.45, 7) is 5.46. The van der Waals surface area contributed by atoms with Crippen LogP contribution in [0.3, 0.4) is 0 Å². The maximum Gasteiger partial charge on any atom is 0.293 e. The normalized spacial score (nSPS) is 10.9. The van der Waals surface area contributed by atoms with Crippen molar-refractivity contribution in [2.45, 2.75) is 25.9 Å². The first-order chi connectivity index (χ1) is 12.3. The van der Waals surface area contributed by atoms with Crippen molar-refractivity contribution in [2.75, 3.05) is 11.1 Å². The molecule has 0 bridgehead atoms. The zero-order valence-corrected chi connectivity index (χ0v) is 15.2. The average Bonchev–Trinajstić information content (AvgIpc) is 2.97. The van der Waals surface area contributed by atoms with Crippen LogP contribution in [-0.4, -0.2) is 36.2 Å². The van der Waals surface area contributed by atoms with E-state index in [2.05, 4.69) is 20.5 Å². The number of rotatable bonds is 5. The molecule has 0 atom stereocenters. The lowest BCUT2D eigenvalue weighted by molar-refractivity contribution is -0.384. The highest BCUT2D eigenvalue weighted by Crippen LogP contribution is 2.26. The van der Waals surface area contributed by atoms with Gasteiger partial charge < -0.3 is 5.32 Å². The number of aromatic nitrogens is 4. The predicted molar refractivity (Wildman–Crippen MR) is 97.4 cm³/mol. The largest absolute Gasteiger partial charge is 0.320 e. The first-order valence-electron chi connectivity index (χ1n) is 7.72. The average molecular weight is 372 g/mol. The molecule has 0 saturated carbocycles. The molecule has 134 valence electrons. The van der Waals surface area contributed by atoms with Gasteiger partial charge in [-0.3, -0.25) is 19.3 Å². The van der Waals surface area contributed by atoms with Crippen molar-refractivity contribution in [1.29, 1.82) is 0 Å². The molecule has 26 heavy (non-hydrogen) atoms. The van der Waals surface area contributed by atoms with Crippen LogP contribution in [0.25, 0.3) is 5.65 Å². The van der Waals surface area contributed by atoms with Crippen molar-refractivity contribution in [2.24, 2.45) is 0 Å². The fraction of sp³-hybridized carbons (Fsp3) is 0.250. The molecular weight excluding hydrogens is 356 g/mol. The Bertz CT molecular complexity index is 1020. The van der Waals surface area contributed by atoms with Crippen molar-refractivity contribution in [3.8, 4) is 0 Å². The van der Waals surface area contributed by atoms with Gasteiger partial charge in [0.1, 0.15) is 11.5 Å². The Morgan fingerprint density at radius 3 is 2.77 bits per heavy atom. The minimum Gasteiger partial charge on any atom is -0.320 e. The fourth-order valence-corrected chi connectivity index (χ4v) is 3.30. The number of anilines is 1. The van der Waals surface area contributed by atoms with Crippen LogP contribution in [0.5, 0.6) is 0 Å². The predicted octanol–water partition coefficient (Wildman–Crippen LogP) is 2.69. The first kappa shape index (κ1) is 17.8. The number of amides is 1. The zero-order valence-electron chi connectivity index (χ0n) is 14.4. The molecule has 9 nitrogen and oxygen atoms in total. The van der Waals surface area contributed by atoms with Gasteiger partial charge in [0, 0.05) is 17.8 Å². The van der Waals surface area contributed by atoms with Crippen LogP contribution in [0, 0.1) is 30.9 Å². The second-order valence-electron chi connectivity index (χ2n) is 5.74. The molecule has 2 heterocycles. The first-order valence-corrected chi connectivity index (χ1v) is 8.71. The number of fused-ring (bicyclic) bond motifs is 1. The summed E-state index contributed by atoms with van der Waals surface area (Å²) in [7, 11) is 0. The highest BCUT2D eigenvalue weighted by atomic mass is 32.2. The monoisotopic (exact) mass is 372 g/mol. The Morgan fingerprint density at radius 1 is 1.27 bits per heavy atom. The summed E-state index contributed by atoms with van der Waals surface area (Å²) in [4.78, 5) is 27.2. The fourth-order valence-electron chi connectivity index (χ4n) is 2.51. The number of hydrogen-bond donors (Lipinski definition) is 1. The van der Waals surface area contributed by atoms with Gasteiger partial charge in [0.25, 0.3) is 5.69 Å². The number of carbonyl (C=O) groups is 1. The molecule has 0 fully saturated rings. The van der Waals surface area contributed by atoms with E-state index in [0.29, 0.717) is 10.8 Å². The summed E-state index contributed by atoms with van der Waals surface area (Å²) in [5, 5.41) is 22.4. The summed E-state index contributed by atoms with van der Waals surface area (Å²) in [6, 6.07) is 6.46. The van der Waals surface area contributed by atoms with E-state index in [0.717, 1.165) is 17.1 Å². The summed E-state index contributed by atoms with van der Waals surface area (Å²) < 4.78 is 1.76. The van der Waals surface area contributed by atoms with Crippen molar-refractivity contribution in [3.05, 3.63) is 51.5 Å². The van der Waals surface area contributed by atoms with Crippen LogP contribution in [0.1, 0.15) is 17.1 Å². The number of aryl methyl sites for hydroxylation is 3. The number of nitrogens with one attached hydrogen (secondary N) is 1. The maximum atomic E-state index is 12.2. The number of hydrogen-bond acceptors (Lipinski definition) is 7. The minimum atomic E-state index is -0.515. The Kier molecular flexibility index (Phi) is 4.85. The maximum absolute atomic E-state index is 12.2. The summed E-state index contributed by atoms with van der Waals surface area (Å²) in [5.74, 6) is 0.401. The van der Waals surface area contributed by atoms with Crippen LogP contribution in [0.4, 0.5) is 11.4 Å². The Balaban J connectivity index is 1.74. The van der Waals surface area contributed by atoms with Gasteiger partial charge in [-0.2, -0.15) is 0 Å². The van der Waals surface area contributed by atoms with Crippen molar-refractivity contribution >= 4 is 34.7 Å². The number of carbonyl (C=O) groups excluding carboxylic acids is 1. The summed E-state index contributed by atoms with van der Waals surface area (Å²) in [5.41, 5.74) is 2.28. The van der Waals surface area contributed by atoms with E-state index >= 15 is 0 Å². The summed E-state index contributed by atoms with van der Waals surface area (Å²) >= 11 is 1.19. The van der Waals surface area contributed by atoms with Crippen LogP contribution in [0.15, 0.2) is 29.4 Å². The SMILES string of the molecule is Cc1ccc(NC(=O)CSc2nnc3cc(C)nc(C)n23)c([N+](=O)[O-])c1. The molecule has 2 aromatic heterocycles. The molecule has 0 unspecified atom stereocenters. The minimum absolute atomic E-state index is 0.0408. The Labute approximate surface area is 153 Å². The van der Waals surface area contributed by atoms with Gasteiger partial charge in [0.2, 0.25) is 5.91 Å². The molecular formula is C16H16N6O3S. The van der Waals surface area contributed by atoms with Gasteiger partial charge in [-0.25, -0.2) is 4.98 Å². The number of nitro groups is 1. The number of benzene rings is 1. The summed E-state index contributed by atoms with van der Waals surface area (Å²) in [6.07, 6.45) is 0. The lowest BCUT2D eigenvalue weighted by atomic mass is 10.2. The van der Waals surface area contributed by atoms with E-state index in [4.69, 9.17) is 0 Å². The second-order valence-corrected chi connectivity index (χ2v) is 6.68. The standard InChI is InChI=1S/C16H16N6O3S/c1-9-4-5-12(13(6-9)22(24)25)18-15(23)8-26-16-20-19-14-7-10(2)17-11(3)21(14)16/h4-7H,8H2,1-3H3,(H,18,23). The number of thioether (sulfide) groups is 1. The van der Waals surface area contributed by atoms with Gasteiger partial charge in [0.15, 0.2) is 10.8 Å². The van der Waals surface area contributed by atoms with Gasteiger partial charge >= 0.3 is 0 Å². The molecule has 1 aromatic carbocycles. The van der Waals surface area contributed by atoms with Crippen molar-refractivity contribution in [3.63, 3.8) is 0 Å². The topological polar surface area (TPSA) is 115 Å². The molecule has 1 amide bonds. The molecule has 3 aromatic rings. The zero-order chi connectivity index (χ0) is 18.8. The van der Waals surface area contributed by atoms with Crippen LogP contribution >= 0.6 is 11.8 Å². The van der Waals surface area contributed by atoms with Crippen molar-refractivity contribution in [1.82, 2.24) is 19.6 Å². The van der Waals surface area contributed by atoms with Crippen LogP contribution in [-0.2, 0) is 4.79 Å². The molecule has 0 saturated heterocycles. The quantitative estimate of drug-likeness (QED) is 0.416. The molecule has 0 aliphatic carbocycles. The lowest BCUT2D eigenvalue weighted by Gasteiger charge is -2.07. The molecule has 0 aliphatic rings. The Morgan fingerprint density at radius 2 is 2.04 bits per heavy atom. The van der Waals surface area contributed by atoms with E-state index in [1.807, 2.05) is 13.8 Å². The molecule has 0 radical (unpaired) electrons. The van der Waals surface area contributed by atoms with E-state index < -0.39 is 4.92 Å². The van der Waals surface area contributed by atoms with E-state index in [9.17, 15) is 14.9 Å². The van der Waals surface area contributed by atoms with Crippen LogP contribution in [0.2, 0.25) is 0 Å². The lowest BCUT2D eigenvalue weighted by Crippen LogP contribution is -2.15. The highest BCUT2D eigenvalue weighted by Gasteiger charge is 2.17. The van der Waals surface area contributed by atoms with E-state index in [-0.39, 0.29) is 23.0 Å². The van der Waals surface area contributed by atoms with E-state index in [1.165, 1.54) is 23.9 Å². The molecule has 0 spiro atoms. The van der Waals surface area contributed by atoms with Crippen molar-refractivity contribution < 1.29 is 9.72 Å². The van der Waals surface area contributed by atoms with Gasteiger partial charge in [-0.05, 0) is 32.4 Å². The molecule has 3 rings (SSSR count). The Hall–Kier alpha value is -3.01. The third kappa shape index (κ3) is 3.64. The smallest absolute Gasteiger partial charge is 0.293 e. The third-order valence-corrected chi connectivity index (χ3v) is 4.54. The van der Waals surface area contributed by atoms with Gasteiger partial charge in [-0.1, -0.05) is 17.8 Å². The molecule has 10 heteroatoms.